The first-order valence-electron chi connectivity index (χ1n) is 5.81. The summed E-state index contributed by atoms with van der Waals surface area (Å²) in [5.74, 6) is -0.465. The summed E-state index contributed by atoms with van der Waals surface area (Å²) in [5, 5.41) is 0. The molecule has 0 aliphatic carbocycles. The molecule has 1 aromatic rings. The first-order valence-corrected chi connectivity index (χ1v) is 5.81. The van der Waals surface area contributed by atoms with E-state index in [2.05, 4.69) is 9.88 Å². The normalized spacial score (nSPS) is 19.8. The minimum atomic E-state index is -0.465. The summed E-state index contributed by atoms with van der Waals surface area (Å²) in [6, 6.07) is 1.80. The summed E-state index contributed by atoms with van der Waals surface area (Å²) < 4.78 is 10.7. The van der Waals surface area contributed by atoms with Crippen molar-refractivity contribution >= 4 is 11.6 Å². The van der Waals surface area contributed by atoms with Gasteiger partial charge >= 0.3 is 0 Å². The van der Waals surface area contributed by atoms with Gasteiger partial charge in [-0.25, -0.2) is 0 Å². The number of carbonyl (C=O) groups excluding carboxylic acids is 1. The third kappa shape index (κ3) is 2.77. The van der Waals surface area contributed by atoms with Crippen molar-refractivity contribution in [2.75, 3.05) is 38.3 Å². The maximum atomic E-state index is 11.4. The molecule has 0 bridgehead atoms. The first-order chi connectivity index (χ1) is 8.72. The molecule has 6 nitrogen and oxygen atoms in total. The van der Waals surface area contributed by atoms with Gasteiger partial charge in [-0.15, -0.1) is 0 Å². The first kappa shape index (κ1) is 12.8. The number of ether oxygens (including phenoxy) is 2. The van der Waals surface area contributed by atoms with Gasteiger partial charge in [0.1, 0.15) is 0 Å². The van der Waals surface area contributed by atoms with Gasteiger partial charge in [0, 0.05) is 32.6 Å². The van der Waals surface area contributed by atoms with Crippen LogP contribution in [0.2, 0.25) is 0 Å². The molecule has 0 aromatic carbocycles. The highest BCUT2D eigenvalue weighted by Gasteiger charge is 2.23. The maximum absolute atomic E-state index is 11.4. The number of carbonyl (C=O) groups is 1. The van der Waals surface area contributed by atoms with Crippen LogP contribution in [0.15, 0.2) is 18.5 Å². The van der Waals surface area contributed by atoms with Crippen LogP contribution in [-0.4, -0.2) is 50.4 Å². The van der Waals surface area contributed by atoms with Crippen LogP contribution in [0.3, 0.4) is 0 Å². The highest BCUT2D eigenvalue weighted by Crippen LogP contribution is 2.21. The van der Waals surface area contributed by atoms with E-state index in [1.54, 1.807) is 19.4 Å². The van der Waals surface area contributed by atoms with Gasteiger partial charge < -0.3 is 20.1 Å². The van der Waals surface area contributed by atoms with Gasteiger partial charge in [0.25, 0.3) is 5.91 Å². The van der Waals surface area contributed by atoms with Crippen molar-refractivity contribution in [3.63, 3.8) is 0 Å². The molecular weight excluding hydrogens is 234 g/mol. The fraction of sp³-hybridized carbons (Fsp3) is 0.500. The molecule has 2 N–H and O–H groups in total. The van der Waals surface area contributed by atoms with E-state index < -0.39 is 5.91 Å². The van der Waals surface area contributed by atoms with Crippen molar-refractivity contribution in [3.8, 4) is 0 Å². The Hall–Kier alpha value is -1.66. The monoisotopic (exact) mass is 251 g/mol. The van der Waals surface area contributed by atoms with Crippen LogP contribution in [-0.2, 0) is 9.47 Å². The molecule has 0 saturated carbocycles. The standard InChI is InChI=1S/C12H17N3O3/c1-17-8-9-7-15(4-5-18-9)11-2-3-14-6-10(11)12(13)16/h2-3,6,9H,4-5,7-8H2,1H3,(H2,13,16). The number of pyridine rings is 1. The third-order valence-corrected chi connectivity index (χ3v) is 2.90. The lowest BCUT2D eigenvalue weighted by Crippen LogP contribution is -2.45. The highest BCUT2D eigenvalue weighted by molar-refractivity contribution is 5.98. The molecule has 18 heavy (non-hydrogen) atoms. The van der Waals surface area contributed by atoms with Crippen molar-refractivity contribution in [3.05, 3.63) is 24.0 Å². The van der Waals surface area contributed by atoms with Crippen LogP contribution in [0.1, 0.15) is 10.4 Å². The summed E-state index contributed by atoms with van der Waals surface area (Å²) in [6.07, 6.45) is 3.17. The van der Waals surface area contributed by atoms with Crippen molar-refractivity contribution < 1.29 is 14.3 Å². The largest absolute Gasteiger partial charge is 0.382 e. The molecule has 1 aliphatic rings. The fourth-order valence-electron chi connectivity index (χ4n) is 2.08. The van der Waals surface area contributed by atoms with Gasteiger partial charge in [-0.3, -0.25) is 9.78 Å². The van der Waals surface area contributed by atoms with E-state index in [0.717, 1.165) is 12.2 Å². The predicted molar refractivity (Wildman–Crippen MR) is 66.6 cm³/mol. The number of nitrogens with two attached hydrogens (primary N) is 1. The molecule has 2 rings (SSSR count). The Labute approximate surface area is 106 Å². The van der Waals surface area contributed by atoms with Crippen LogP contribution in [0, 0.1) is 0 Å². The minimum absolute atomic E-state index is 0.0117. The van der Waals surface area contributed by atoms with E-state index in [1.165, 1.54) is 6.20 Å². The number of methoxy groups -OCH3 is 1. The summed E-state index contributed by atoms with van der Waals surface area (Å²) in [4.78, 5) is 17.4. The predicted octanol–water partition coefficient (Wildman–Crippen LogP) is 0.0321. The molecular formula is C12H17N3O3. The molecule has 98 valence electrons. The van der Waals surface area contributed by atoms with E-state index in [-0.39, 0.29) is 6.10 Å². The van der Waals surface area contributed by atoms with Gasteiger partial charge in [0.2, 0.25) is 0 Å². The smallest absolute Gasteiger partial charge is 0.252 e. The van der Waals surface area contributed by atoms with Crippen molar-refractivity contribution in [2.45, 2.75) is 6.10 Å². The van der Waals surface area contributed by atoms with Crippen molar-refractivity contribution in [1.29, 1.82) is 0 Å². The average Bonchev–Trinajstić information content (AvgIpc) is 2.39. The summed E-state index contributed by atoms with van der Waals surface area (Å²) in [6.45, 7) is 2.55. The Morgan fingerprint density at radius 2 is 2.56 bits per heavy atom. The number of nitrogens with zero attached hydrogens (tertiary/aromatic N) is 2. The number of hydrogen-bond acceptors (Lipinski definition) is 5. The van der Waals surface area contributed by atoms with Crippen LogP contribution in [0.5, 0.6) is 0 Å². The molecule has 1 fully saturated rings. The number of hydrogen-bond donors (Lipinski definition) is 1. The van der Waals surface area contributed by atoms with E-state index >= 15 is 0 Å². The van der Waals surface area contributed by atoms with E-state index in [4.69, 9.17) is 15.2 Å². The van der Waals surface area contributed by atoms with Crippen LogP contribution in [0.25, 0.3) is 0 Å². The van der Waals surface area contributed by atoms with E-state index in [9.17, 15) is 4.79 Å². The number of primary amides is 1. The Kier molecular flexibility index (Phi) is 4.11. The zero-order chi connectivity index (χ0) is 13.0. The van der Waals surface area contributed by atoms with Crippen LogP contribution in [0.4, 0.5) is 5.69 Å². The third-order valence-electron chi connectivity index (χ3n) is 2.90. The Morgan fingerprint density at radius 1 is 1.72 bits per heavy atom. The molecule has 1 amide bonds. The number of amides is 1. The van der Waals surface area contributed by atoms with Gasteiger partial charge in [0.15, 0.2) is 0 Å². The molecule has 0 spiro atoms. The lowest BCUT2D eigenvalue weighted by atomic mass is 10.1. The molecule has 1 aromatic heterocycles. The lowest BCUT2D eigenvalue weighted by Gasteiger charge is -2.34. The molecule has 6 heteroatoms. The SMILES string of the molecule is COCC1CN(c2ccncc2C(N)=O)CCO1. The van der Waals surface area contributed by atoms with Crippen molar-refractivity contribution in [1.82, 2.24) is 4.98 Å². The number of morpholine rings is 1. The van der Waals surface area contributed by atoms with Gasteiger partial charge in [-0.2, -0.15) is 0 Å². The average molecular weight is 251 g/mol. The second-order valence-electron chi connectivity index (χ2n) is 4.15. The summed E-state index contributed by atoms with van der Waals surface area (Å²) in [5.41, 5.74) is 6.60. The van der Waals surface area contributed by atoms with Crippen LogP contribution >= 0.6 is 0 Å². The maximum Gasteiger partial charge on any atom is 0.252 e. The molecule has 1 unspecified atom stereocenters. The molecule has 2 heterocycles. The summed E-state index contributed by atoms with van der Waals surface area (Å²) in [7, 11) is 1.64. The van der Waals surface area contributed by atoms with Gasteiger partial charge in [-0.05, 0) is 6.07 Å². The minimum Gasteiger partial charge on any atom is -0.382 e. The number of anilines is 1. The molecule has 1 saturated heterocycles. The second kappa shape index (κ2) is 5.79. The number of aromatic nitrogens is 1. The summed E-state index contributed by atoms with van der Waals surface area (Å²) >= 11 is 0. The Balaban J connectivity index is 2.18. The zero-order valence-electron chi connectivity index (χ0n) is 10.3. The van der Waals surface area contributed by atoms with Crippen molar-refractivity contribution in [2.24, 2.45) is 5.73 Å². The molecule has 0 radical (unpaired) electrons. The quantitative estimate of drug-likeness (QED) is 0.817. The topological polar surface area (TPSA) is 77.7 Å². The Morgan fingerprint density at radius 3 is 3.28 bits per heavy atom. The fourth-order valence-corrected chi connectivity index (χ4v) is 2.08. The van der Waals surface area contributed by atoms with Crippen LogP contribution < -0.4 is 10.6 Å². The zero-order valence-corrected chi connectivity index (χ0v) is 10.3. The lowest BCUT2D eigenvalue weighted by molar-refractivity contribution is -0.0100. The molecule has 1 atom stereocenters. The molecule has 1 aliphatic heterocycles. The van der Waals surface area contributed by atoms with E-state index in [0.29, 0.717) is 25.3 Å². The highest BCUT2D eigenvalue weighted by atomic mass is 16.5. The van der Waals surface area contributed by atoms with Gasteiger partial charge in [-0.1, -0.05) is 0 Å². The van der Waals surface area contributed by atoms with E-state index in [1.807, 2.05) is 0 Å². The second-order valence-corrected chi connectivity index (χ2v) is 4.15. The Bertz CT molecular complexity index is 423. The number of rotatable bonds is 4. The van der Waals surface area contributed by atoms with Gasteiger partial charge in [0.05, 0.1) is 30.6 Å².